The molecule has 0 radical (unpaired) electrons. The van der Waals surface area contributed by atoms with Crippen LogP contribution in [0.1, 0.15) is 29.3 Å². The lowest BCUT2D eigenvalue weighted by molar-refractivity contribution is 0.0937. The Morgan fingerprint density at radius 2 is 2.31 bits per heavy atom. The summed E-state index contributed by atoms with van der Waals surface area (Å²) in [5.74, 6) is -0.207. The number of carbonyl (C=O) groups is 1. The van der Waals surface area contributed by atoms with Crippen molar-refractivity contribution >= 4 is 5.91 Å². The van der Waals surface area contributed by atoms with Crippen molar-refractivity contribution in [2.45, 2.75) is 26.3 Å². The Bertz CT molecular complexity index is 399. The number of rotatable bonds is 4. The first-order valence-corrected chi connectivity index (χ1v) is 5.26. The van der Waals surface area contributed by atoms with Gasteiger partial charge in [-0.2, -0.15) is 0 Å². The van der Waals surface area contributed by atoms with Crippen LogP contribution < -0.4 is 5.32 Å². The molecule has 3 nitrogen and oxygen atoms in total. The highest BCUT2D eigenvalue weighted by Gasteiger charge is 2.13. The molecule has 0 fully saturated rings. The van der Waals surface area contributed by atoms with Gasteiger partial charge in [0.1, 0.15) is 5.75 Å². The quantitative estimate of drug-likeness (QED) is 0.764. The number of benzene rings is 1. The van der Waals surface area contributed by atoms with Gasteiger partial charge in [-0.3, -0.25) is 4.79 Å². The Morgan fingerprint density at radius 1 is 1.62 bits per heavy atom. The Kier molecular flexibility index (Phi) is 4.11. The van der Waals surface area contributed by atoms with Crippen LogP contribution in [0.25, 0.3) is 0 Å². The molecule has 16 heavy (non-hydrogen) atoms. The number of carbonyl (C=O) groups excluding carboxylic acids is 1. The van der Waals surface area contributed by atoms with Crippen LogP contribution in [0, 0.1) is 6.92 Å². The number of phenols is 1. The van der Waals surface area contributed by atoms with Gasteiger partial charge in [-0.15, -0.1) is 6.58 Å². The fourth-order valence-electron chi connectivity index (χ4n) is 1.45. The van der Waals surface area contributed by atoms with E-state index in [0.717, 1.165) is 0 Å². The lowest BCUT2D eigenvalue weighted by Crippen LogP contribution is -2.32. The Labute approximate surface area is 95.8 Å². The topological polar surface area (TPSA) is 49.3 Å². The van der Waals surface area contributed by atoms with Gasteiger partial charge in [0, 0.05) is 6.04 Å². The molecular weight excluding hydrogens is 202 g/mol. The molecule has 0 bridgehead atoms. The summed E-state index contributed by atoms with van der Waals surface area (Å²) >= 11 is 0. The normalized spacial score (nSPS) is 11.9. The summed E-state index contributed by atoms with van der Waals surface area (Å²) in [5, 5.41) is 12.5. The molecule has 0 aliphatic heterocycles. The van der Waals surface area contributed by atoms with Crippen LogP contribution in [-0.4, -0.2) is 17.1 Å². The first-order chi connectivity index (χ1) is 7.56. The van der Waals surface area contributed by atoms with Gasteiger partial charge in [0.2, 0.25) is 0 Å². The van der Waals surface area contributed by atoms with Crippen molar-refractivity contribution < 1.29 is 9.90 Å². The van der Waals surface area contributed by atoms with Crippen LogP contribution in [0.5, 0.6) is 5.75 Å². The minimum atomic E-state index is -0.254. The summed E-state index contributed by atoms with van der Waals surface area (Å²) in [4.78, 5) is 11.8. The molecule has 1 rings (SSSR count). The number of para-hydroxylation sites is 1. The van der Waals surface area contributed by atoms with Gasteiger partial charge in [-0.25, -0.2) is 0 Å². The number of amides is 1. The van der Waals surface area contributed by atoms with Gasteiger partial charge in [0.25, 0.3) is 5.91 Å². The average molecular weight is 219 g/mol. The summed E-state index contributed by atoms with van der Waals surface area (Å²) in [6.07, 6.45) is 2.46. The first-order valence-electron chi connectivity index (χ1n) is 5.26. The molecule has 86 valence electrons. The van der Waals surface area contributed by atoms with Crippen molar-refractivity contribution in [1.29, 1.82) is 0 Å². The van der Waals surface area contributed by atoms with Crippen LogP contribution >= 0.6 is 0 Å². The van der Waals surface area contributed by atoms with Crippen molar-refractivity contribution in [2.75, 3.05) is 0 Å². The second-order valence-electron chi connectivity index (χ2n) is 3.87. The molecule has 1 aromatic rings. The molecule has 1 amide bonds. The number of aryl methyl sites for hydroxylation is 1. The lowest BCUT2D eigenvalue weighted by Gasteiger charge is -2.13. The molecule has 3 heteroatoms. The minimum Gasteiger partial charge on any atom is -0.507 e. The number of hydrogen-bond donors (Lipinski definition) is 2. The van der Waals surface area contributed by atoms with Crippen LogP contribution in [0.4, 0.5) is 0 Å². The predicted octanol–water partition coefficient (Wildman–Crippen LogP) is 2.40. The zero-order valence-corrected chi connectivity index (χ0v) is 9.66. The summed E-state index contributed by atoms with van der Waals surface area (Å²) in [6.45, 7) is 7.27. The molecule has 0 saturated carbocycles. The van der Waals surface area contributed by atoms with E-state index in [1.54, 1.807) is 31.2 Å². The van der Waals surface area contributed by atoms with E-state index in [1.807, 2.05) is 6.92 Å². The Balaban J connectivity index is 2.81. The number of hydrogen-bond acceptors (Lipinski definition) is 2. The molecule has 1 atom stereocenters. The van der Waals surface area contributed by atoms with E-state index in [9.17, 15) is 9.90 Å². The van der Waals surface area contributed by atoms with Crippen LogP contribution in [0.2, 0.25) is 0 Å². The van der Waals surface area contributed by atoms with Crippen LogP contribution in [0.15, 0.2) is 30.9 Å². The van der Waals surface area contributed by atoms with Crippen molar-refractivity contribution in [3.8, 4) is 5.75 Å². The maximum Gasteiger partial charge on any atom is 0.255 e. The van der Waals surface area contributed by atoms with Crippen LogP contribution in [-0.2, 0) is 0 Å². The van der Waals surface area contributed by atoms with Crippen molar-refractivity contribution in [1.82, 2.24) is 5.32 Å². The molecule has 0 aliphatic carbocycles. The third-order valence-electron chi connectivity index (χ3n) is 2.38. The van der Waals surface area contributed by atoms with E-state index in [0.29, 0.717) is 17.5 Å². The van der Waals surface area contributed by atoms with Gasteiger partial charge >= 0.3 is 0 Å². The molecular formula is C13H17NO2. The van der Waals surface area contributed by atoms with Crippen molar-refractivity contribution in [2.24, 2.45) is 0 Å². The third kappa shape index (κ3) is 2.86. The second kappa shape index (κ2) is 5.35. The maximum absolute atomic E-state index is 11.8. The molecule has 1 aromatic carbocycles. The molecule has 0 aliphatic rings. The SMILES string of the molecule is C=CCC(C)NC(=O)c1cccc(C)c1O. The molecule has 0 saturated heterocycles. The fourth-order valence-corrected chi connectivity index (χ4v) is 1.45. The van der Waals surface area contributed by atoms with E-state index in [1.165, 1.54) is 0 Å². The zero-order chi connectivity index (χ0) is 12.1. The summed E-state index contributed by atoms with van der Waals surface area (Å²) in [7, 11) is 0. The van der Waals surface area contributed by atoms with Crippen molar-refractivity contribution in [3.05, 3.63) is 42.0 Å². The monoisotopic (exact) mass is 219 g/mol. The van der Waals surface area contributed by atoms with E-state index in [2.05, 4.69) is 11.9 Å². The third-order valence-corrected chi connectivity index (χ3v) is 2.38. The highest BCUT2D eigenvalue weighted by Crippen LogP contribution is 2.21. The fraction of sp³-hybridized carbons (Fsp3) is 0.308. The molecule has 0 spiro atoms. The predicted molar refractivity (Wildman–Crippen MR) is 64.6 cm³/mol. The summed E-state index contributed by atoms with van der Waals surface area (Å²) in [5.41, 5.74) is 1.01. The average Bonchev–Trinajstić information content (AvgIpc) is 2.22. The Morgan fingerprint density at radius 3 is 2.94 bits per heavy atom. The molecule has 1 unspecified atom stereocenters. The highest BCUT2D eigenvalue weighted by molar-refractivity contribution is 5.97. The summed E-state index contributed by atoms with van der Waals surface area (Å²) in [6, 6.07) is 5.14. The largest absolute Gasteiger partial charge is 0.507 e. The molecule has 0 aromatic heterocycles. The van der Waals surface area contributed by atoms with E-state index in [-0.39, 0.29) is 17.7 Å². The van der Waals surface area contributed by atoms with Gasteiger partial charge in [-0.05, 0) is 31.9 Å². The van der Waals surface area contributed by atoms with Gasteiger partial charge in [0.05, 0.1) is 5.56 Å². The standard InChI is InChI=1S/C13H17NO2/c1-4-6-10(3)14-13(16)11-8-5-7-9(2)12(11)15/h4-5,7-8,10,15H,1,6H2,2-3H3,(H,14,16). The number of phenolic OH excluding ortho intramolecular Hbond substituents is 1. The van der Waals surface area contributed by atoms with Gasteiger partial charge in [-0.1, -0.05) is 18.2 Å². The number of aromatic hydroxyl groups is 1. The van der Waals surface area contributed by atoms with E-state index in [4.69, 9.17) is 0 Å². The van der Waals surface area contributed by atoms with Crippen molar-refractivity contribution in [3.63, 3.8) is 0 Å². The minimum absolute atomic E-state index is 0.0184. The molecule has 2 N–H and O–H groups in total. The summed E-state index contributed by atoms with van der Waals surface area (Å²) < 4.78 is 0. The Hall–Kier alpha value is -1.77. The number of nitrogens with one attached hydrogen (secondary N) is 1. The highest BCUT2D eigenvalue weighted by atomic mass is 16.3. The zero-order valence-electron chi connectivity index (χ0n) is 9.66. The van der Waals surface area contributed by atoms with E-state index >= 15 is 0 Å². The smallest absolute Gasteiger partial charge is 0.255 e. The maximum atomic E-state index is 11.8. The van der Waals surface area contributed by atoms with Gasteiger partial charge in [0.15, 0.2) is 0 Å². The van der Waals surface area contributed by atoms with E-state index < -0.39 is 0 Å². The first kappa shape index (κ1) is 12.3. The van der Waals surface area contributed by atoms with Gasteiger partial charge < -0.3 is 10.4 Å². The van der Waals surface area contributed by atoms with Crippen LogP contribution in [0.3, 0.4) is 0 Å². The lowest BCUT2D eigenvalue weighted by atomic mass is 10.1. The molecule has 0 heterocycles. The second-order valence-corrected chi connectivity index (χ2v) is 3.87.